The summed E-state index contributed by atoms with van der Waals surface area (Å²) in [5.74, 6) is 0.297. The Morgan fingerprint density at radius 1 is 1.46 bits per heavy atom. The molecule has 0 fully saturated rings. The third kappa shape index (κ3) is 2.50. The number of hydrogen-bond acceptors (Lipinski definition) is 4. The van der Waals surface area contributed by atoms with Gasteiger partial charge in [-0.3, -0.25) is 9.97 Å². The van der Waals surface area contributed by atoms with Gasteiger partial charge in [0.1, 0.15) is 0 Å². The highest BCUT2D eigenvalue weighted by molar-refractivity contribution is 6.57. The van der Waals surface area contributed by atoms with Gasteiger partial charge in [0.15, 0.2) is 0 Å². The first kappa shape index (κ1) is 10.1. The Morgan fingerprint density at radius 2 is 2.15 bits per heavy atom. The van der Waals surface area contributed by atoms with Crippen LogP contribution in [0.25, 0.3) is 0 Å². The van der Waals surface area contributed by atoms with Crippen molar-refractivity contribution in [1.82, 2.24) is 9.97 Å². The van der Waals surface area contributed by atoms with Gasteiger partial charge in [0.25, 0.3) is 0 Å². The molecule has 0 aromatic carbocycles. The summed E-state index contributed by atoms with van der Waals surface area (Å²) in [5, 5.41) is 17.7. The number of aromatic nitrogens is 2. The van der Waals surface area contributed by atoms with Gasteiger partial charge in [-0.2, -0.15) is 0 Å². The van der Waals surface area contributed by atoms with Crippen molar-refractivity contribution in [1.29, 1.82) is 0 Å². The van der Waals surface area contributed by atoms with Crippen LogP contribution < -0.4 is 5.59 Å². The topological polar surface area (TPSA) is 66.2 Å². The molecule has 1 aromatic rings. The Morgan fingerprint density at radius 3 is 2.69 bits per heavy atom. The van der Waals surface area contributed by atoms with Gasteiger partial charge >= 0.3 is 7.12 Å². The Hall–Kier alpha value is -0.935. The summed E-state index contributed by atoms with van der Waals surface area (Å²) in [4.78, 5) is 7.97. The molecule has 2 N–H and O–H groups in total. The van der Waals surface area contributed by atoms with Crippen molar-refractivity contribution in [3.8, 4) is 0 Å². The maximum Gasteiger partial charge on any atom is 0.509 e. The van der Waals surface area contributed by atoms with E-state index in [2.05, 4.69) is 9.97 Å². The van der Waals surface area contributed by atoms with Gasteiger partial charge in [0, 0.05) is 12.4 Å². The average molecular weight is 180 g/mol. The predicted molar refractivity (Wildman–Crippen MR) is 50.6 cm³/mol. The van der Waals surface area contributed by atoms with Crippen molar-refractivity contribution in [2.24, 2.45) is 0 Å². The van der Waals surface area contributed by atoms with Crippen molar-refractivity contribution < 1.29 is 10.0 Å². The molecule has 1 atom stereocenters. The lowest BCUT2D eigenvalue weighted by atomic mass is 9.86. The summed E-state index contributed by atoms with van der Waals surface area (Å²) >= 11 is 0. The normalized spacial score (nSPS) is 12.6. The Labute approximate surface area is 77.8 Å². The molecule has 1 aromatic heterocycles. The first-order valence-electron chi connectivity index (χ1n) is 4.33. The average Bonchev–Trinajstić information content (AvgIpc) is 2.17. The molecule has 13 heavy (non-hydrogen) atoms. The zero-order chi connectivity index (χ0) is 9.84. The zero-order valence-electron chi connectivity index (χ0n) is 7.81. The quantitative estimate of drug-likeness (QED) is 0.625. The van der Waals surface area contributed by atoms with Crippen LogP contribution in [0.15, 0.2) is 12.4 Å². The zero-order valence-corrected chi connectivity index (χ0v) is 7.81. The summed E-state index contributed by atoms with van der Waals surface area (Å²) in [5.41, 5.74) is 1.01. The van der Waals surface area contributed by atoms with Gasteiger partial charge in [0.05, 0.1) is 11.3 Å². The SMILES string of the molecule is CCC(C)c1cncc(B(O)O)n1. The Bertz CT molecular complexity index is 281. The minimum absolute atomic E-state index is 0.206. The molecule has 0 saturated carbocycles. The molecule has 5 heteroatoms. The fourth-order valence-electron chi connectivity index (χ4n) is 0.968. The first-order chi connectivity index (χ1) is 6.15. The van der Waals surface area contributed by atoms with Crippen molar-refractivity contribution in [2.45, 2.75) is 26.2 Å². The van der Waals surface area contributed by atoms with Crippen molar-refractivity contribution in [2.75, 3.05) is 0 Å². The molecule has 0 bridgehead atoms. The van der Waals surface area contributed by atoms with Crippen LogP contribution >= 0.6 is 0 Å². The summed E-state index contributed by atoms with van der Waals surface area (Å²) in [6, 6.07) is 0. The molecule has 0 saturated heterocycles. The molecule has 1 heterocycles. The van der Waals surface area contributed by atoms with Crippen molar-refractivity contribution in [3.63, 3.8) is 0 Å². The molecule has 0 aliphatic rings. The second-order valence-corrected chi connectivity index (χ2v) is 3.05. The summed E-state index contributed by atoms with van der Waals surface area (Å²) < 4.78 is 0. The summed E-state index contributed by atoms with van der Waals surface area (Å²) in [6.07, 6.45) is 3.97. The highest BCUT2D eigenvalue weighted by atomic mass is 16.4. The minimum Gasteiger partial charge on any atom is -0.422 e. The molecule has 1 unspecified atom stereocenters. The van der Waals surface area contributed by atoms with Gasteiger partial charge < -0.3 is 10.0 Å². The van der Waals surface area contributed by atoms with E-state index < -0.39 is 7.12 Å². The first-order valence-corrected chi connectivity index (χ1v) is 4.33. The maximum atomic E-state index is 8.86. The van der Waals surface area contributed by atoms with Gasteiger partial charge in [-0.15, -0.1) is 0 Å². The number of nitrogens with zero attached hydrogens (tertiary/aromatic N) is 2. The van der Waals surface area contributed by atoms with E-state index in [1.807, 2.05) is 13.8 Å². The monoisotopic (exact) mass is 180 g/mol. The van der Waals surface area contributed by atoms with Crippen LogP contribution in [0.2, 0.25) is 0 Å². The fourth-order valence-corrected chi connectivity index (χ4v) is 0.968. The molecule has 0 radical (unpaired) electrons. The molecule has 0 aliphatic heterocycles. The van der Waals surface area contributed by atoms with Gasteiger partial charge in [-0.05, 0) is 12.3 Å². The maximum absolute atomic E-state index is 8.86. The minimum atomic E-state index is -1.53. The number of rotatable bonds is 3. The largest absolute Gasteiger partial charge is 0.509 e. The second-order valence-electron chi connectivity index (χ2n) is 3.05. The highest BCUT2D eigenvalue weighted by Gasteiger charge is 2.15. The van der Waals surface area contributed by atoms with Crippen LogP contribution in [0.5, 0.6) is 0 Å². The summed E-state index contributed by atoms with van der Waals surface area (Å²) in [7, 11) is -1.53. The smallest absolute Gasteiger partial charge is 0.422 e. The van der Waals surface area contributed by atoms with E-state index in [-0.39, 0.29) is 5.59 Å². The van der Waals surface area contributed by atoms with E-state index in [4.69, 9.17) is 10.0 Å². The predicted octanol–water partition coefficient (Wildman–Crippen LogP) is -0.330. The molecule has 0 aliphatic carbocycles. The van der Waals surface area contributed by atoms with Crippen LogP contribution in [0.4, 0.5) is 0 Å². The lowest BCUT2D eigenvalue weighted by Crippen LogP contribution is -2.33. The third-order valence-corrected chi connectivity index (χ3v) is 2.05. The van der Waals surface area contributed by atoms with Crippen LogP contribution in [-0.2, 0) is 0 Å². The number of hydrogen-bond donors (Lipinski definition) is 2. The van der Waals surface area contributed by atoms with E-state index in [0.717, 1.165) is 12.1 Å². The van der Waals surface area contributed by atoms with Crippen molar-refractivity contribution >= 4 is 12.7 Å². The standard InChI is InChI=1S/C8H13BN2O2/c1-3-6(2)7-4-10-5-8(11-7)9(12)13/h4-6,12-13H,3H2,1-2H3. The van der Waals surface area contributed by atoms with Gasteiger partial charge in [-0.1, -0.05) is 13.8 Å². The van der Waals surface area contributed by atoms with E-state index in [9.17, 15) is 0 Å². The summed E-state index contributed by atoms with van der Waals surface area (Å²) in [6.45, 7) is 4.08. The molecule has 4 nitrogen and oxygen atoms in total. The Kier molecular flexibility index (Phi) is 3.39. The lowest BCUT2D eigenvalue weighted by Gasteiger charge is -2.08. The van der Waals surface area contributed by atoms with Gasteiger partial charge in [-0.25, -0.2) is 0 Å². The molecule has 1 rings (SSSR count). The van der Waals surface area contributed by atoms with E-state index >= 15 is 0 Å². The molecular formula is C8H13BN2O2. The molecular weight excluding hydrogens is 167 g/mol. The fraction of sp³-hybridized carbons (Fsp3) is 0.500. The molecule has 70 valence electrons. The highest BCUT2D eigenvalue weighted by Crippen LogP contribution is 2.13. The Balaban J connectivity index is 2.91. The second kappa shape index (κ2) is 4.34. The van der Waals surface area contributed by atoms with Gasteiger partial charge in [0.2, 0.25) is 0 Å². The van der Waals surface area contributed by atoms with E-state index in [1.54, 1.807) is 6.20 Å². The van der Waals surface area contributed by atoms with Crippen LogP contribution in [0.3, 0.4) is 0 Å². The van der Waals surface area contributed by atoms with Crippen LogP contribution in [-0.4, -0.2) is 27.1 Å². The van der Waals surface area contributed by atoms with Crippen LogP contribution in [0, 0.1) is 0 Å². The van der Waals surface area contributed by atoms with Crippen LogP contribution in [0.1, 0.15) is 31.9 Å². The van der Waals surface area contributed by atoms with E-state index in [0.29, 0.717) is 5.92 Å². The molecule has 0 amide bonds. The van der Waals surface area contributed by atoms with E-state index in [1.165, 1.54) is 6.20 Å². The molecule has 0 spiro atoms. The van der Waals surface area contributed by atoms with Crippen molar-refractivity contribution in [3.05, 3.63) is 18.1 Å². The lowest BCUT2D eigenvalue weighted by molar-refractivity contribution is 0.423. The third-order valence-electron chi connectivity index (χ3n) is 2.05.